The minimum atomic E-state index is -0.460. The maximum absolute atomic E-state index is 12.1. The van der Waals surface area contributed by atoms with Crippen molar-refractivity contribution < 1.29 is 19.1 Å². The number of hydrogen-bond acceptors (Lipinski definition) is 4. The lowest BCUT2D eigenvalue weighted by Gasteiger charge is -2.07. The summed E-state index contributed by atoms with van der Waals surface area (Å²) in [6, 6.07) is 13.2. The van der Waals surface area contributed by atoms with Crippen molar-refractivity contribution in [2.45, 2.75) is 13.3 Å². The third-order valence-corrected chi connectivity index (χ3v) is 3.15. The smallest absolute Gasteiger partial charge is 0.343 e. The molecule has 0 saturated heterocycles. The van der Waals surface area contributed by atoms with Crippen molar-refractivity contribution >= 4 is 11.8 Å². The molecule has 0 amide bonds. The van der Waals surface area contributed by atoms with Gasteiger partial charge in [0.1, 0.15) is 11.5 Å². The van der Waals surface area contributed by atoms with Gasteiger partial charge in [0.25, 0.3) is 0 Å². The SMILES string of the molecule is C=CCCOc1ccc(C(=O)Oc2ccc(C(C)=O)cc2)cc1. The van der Waals surface area contributed by atoms with E-state index in [1.54, 1.807) is 54.6 Å². The van der Waals surface area contributed by atoms with Gasteiger partial charge in [0, 0.05) is 5.56 Å². The summed E-state index contributed by atoms with van der Waals surface area (Å²) in [5.74, 6) is 0.591. The number of ether oxygens (including phenoxy) is 2. The second kappa shape index (κ2) is 7.94. The normalized spacial score (nSPS) is 9.96. The van der Waals surface area contributed by atoms with Gasteiger partial charge in [-0.05, 0) is 61.9 Å². The Hall–Kier alpha value is -2.88. The summed E-state index contributed by atoms with van der Waals surface area (Å²) >= 11 is 0. The summed E-state index contributed by atoms with van der Waals surface area (Å²) in [5, 5.41) is 0. The van der Waals surface area contributed by atoms with Crippen molar-refractivity contribution in [1.82, 2.24) is 0 Å². The molecule has 0 radical (unpaired) electrons. The van der Waals surface area contributed by atoms with Crippen molar-refractivity contribution in [3.05, 3.63) is 72.3 Å². The predicted octanol–water partition coefficient (Wildman–Crippen LogP) is 4.06. The van der Waals surface area contributed by atoms with Crippen LogP contribution in [0.5, 0.6) is 11.5 Å². The maximum Gasteiger partial charge on any atom is 0.343 e. The first-order valence-electron chi connectivity index (χ1n) is 7.27. The molecule has 0 unspecified atom stereocenters. The van der Waals surface area contributed by atoms with Crippen molar-refractivity contribution in [3.8, 4) is 11.5 Å². The average Bonchev–Trinajstić information content (AvgIpc) is 2.56. The van der Waals surface area contributed by atoms with E-state index in [1.165, 1.54) is 6.92 Å². The third kappa shape index (κ3) is 4.81. The summed E-state index contributed by atoms with van der Waals surface area (Å²) in [6.45, 7) is 5.66. The van der Waals surface area contributed by atoms with Crippen LogP contribution in [0, 0.1) is 0 Å². The number of rotatable bonds is 7. The second-order valence-electron chi connectivity index (χ2n) is 4.92. The molecule has 23 heavy (non-hydrogen) atoms. The van der Waals surface area contributed by atoms with Crippen LogP contribution >= 0.6 is 0 Å². The third-order valence-electron chi connectivity index (χ3n) is 3.15. The summed E-state index contributed by atoms with van der Waals surface area (Å²) in [4.78, 5) is 23.3. The highest BCUT2D eigenvalue weighted by atomic mass is 16.5. The fourth-order valence-electron chi connectivity index (χ4n) is 1.87. The first-order chi connectivity index (χ1) is 11.1. The fraction of sp³-hybridized carbons (Fsp3) is 0.158. The molecule has 0 aliphatic rings. The van der Waals surface area contributed by atoms with Crippen LogP contribution in [0.3, 0.4) is 0 Å². The van der Waals surface area contributed by atoms with Crippen LogP contribution in [0.15, 0.2) is 61.2 Å². The zero-order valence-corrected chi connectivity index (χ0v) is 13.0. The van der Waals surface area contributed by atoms with E-state index < -0.39 is 5.97 Å². The second-order valence-corrected chi connectivity index (χ2v) is 4.92. The van der Waals surface area contributed by atoms with Crippen LogP contribution in [0.1, 0.15) is 34.1 Å². The van der Waals surface area contributed by atoms with Gasteiger partial charge in [-0.2, -0.15) is 0 Å². The molecular formula is C19H18O4. The van der Waals surface area contributed by atoms with Crippen molar-refractivity contribution in [1.29, 1.82) is 0 Å². The van der Waals surface area contributed by atoms with Crippen LogP contribution < -0.4 is 9.47 Å². The van der Waals surface area contributed by atoms with Gasteiger partial charge in [-0.15, -0.1) is 6.58 Å². The molecule has 0 heterocycles. The summed E-state index contributed by atoms with van der Waals surface area (Å²) in [5.41, 5.74) is 1.00. The number of esters is 1. The van der Waals surface area contributed by atoms with Crippen molar-refractivity contribution in [2.24, 2.45) is 0 Å². The van der Waals surface area contributed by atoms with Crippen molar-refractivity contribution in [2.75, 3.05) is 6.61 Å². The standard InChI is InChI=1S/C19H18O4/c1-3-4-13-22-17-9-7-16(8-10-17)19(21)23-18-11-5-15(6-12-18)14(2)20/h3,5-12H,1,4,13H2,2H3. The summed E-state index contributed by atoms with van der Waals surface area (Å²) in [7, 11) is 0. The van der Waals surface area contributed by atoms with Crippen LogP contribution in [0.25, 0.3) is 0 Å². The van der Waals surface area contributed by atoms with Crippen LogP contribution in [0.2, 0.25) is 0 Å². The Balaban J connectivity index is 1.97. The number of carbonyl (C=O) groups excluding carboxylic acids is 2. The molecule has 0 aliphatic heterocycles. The Morgan fingerprint density at radius 3 is 2.09 bits per heavy atom. The van der Waals surface area contributed by atoms with E-state index in [2.05, 4.69) is 6.58 Å². The lowest BCUT2D eigenvalue weighted by molar-refractivity contribution is 0.0734. The Bertz CT molecular complexity index is 684. The Kier molecular flexibility index (Phi) is 5.69. The van der Waals surface area contributed by atoms with Crippen LogP contribution in [-0.4, -0.2) is 18.4 Å². The fourth-order valence-corrected chi connectivity index (χ4v) is 1.87. The van der Waals surface area contributed by atoms with Gasteiger partial charge in [0.05, 0.1) is 12.2 Å². The minimum absolute atomic E-state index is 0.0325. The number of ketones is 1. The molecule has 0 N–H and O–H groups in total. The molecule has 0 fully saturated rings. The Labute approximate surface area is 135 Å². The van der Waals surface area contributed by atoms with Gasteiger partial charge in [0.2, 0.25) is 0 Å². The van der Waals surface area contributed by atoms with Gasteiger partial charge in [0.15, 0.2) is 5.78 Å². The monoisotopic (exact) mass is 310 g/mol. The molecule has 0 spiro atoms. The number of benzene rings is 2. The van der Waals surface area contributed by atoms with Gasteiger partial charge >= 0.3 is 5.97 Å². The van der Waals surface area contributed by atoms with Crippen LogP contribution in [0.4, 0.5) is 0 Å². The predicted molar refractivity (Wildman–Crippen MR) is 88.2 cm³/mol. The molecule has 2 aromatic carbocycles. The minimum Gasteiger partial charge on any atom is -0.493 e. The molecular weight excluding hydrogens is 292 g/mol. The van der Waals surface area contributed by atoms with E-state index in [0.717, 1.165) is 6.42 Å². The van der Waals surface area contributed by atoms with E-state index in [-0.39, 0.29) is 5.78 Å². The van der Waals surface area contributed by atoms with E-state index in [1.807, 2.05) is 0 Å². The molecule has 0 bridgehead atoms. The largest absolute Gasteiger partial charge is 0.493 e. The lowest BCUT2D eigenvalue weighted by Crippen LogP contribution is -2.08. The first-order valence-corrected chi connectivity index (χ1v) is 7.27. The summed E-state index contributed by atoms with van der Waals surface area (Å²) in [6.07, 6.45) is 2.54. The van der Waals surface area contributed by atoms with E-state index >= 15 is 0 Å². The van der Waals surface area contributed by atoms with Gasteiger partial charge in [-0.3, -0.25) is 4.79 Å². The van der Waals surface area contributed by atoms with Gasteiger partial charge < -0.3 is 9.47 Å². The number of Topliss-reactive ketones (excluding diaryl/α,β-unsaturated/α-hetero) is 1. The molecule has 4 heteroatoms. The van der Waals surface area contributed by atoms with Gasteiger partial charge in [-0.1, -0.05) is 6.08 Å². The molecule has 0 atom stereocenters. The van der Waals surface area contributed by atoms with Crippen LogP contribution in [-0.2, 0) is 0 Å². The molecule has 2 aromatic rings. The summed E-state index contributed by atoms with van der Waals surface area (Å²) < 4.78 is 10.7. The molecule has 0 saturated carbocycles. The Morgan fingerprint density at radius 1 is 0.957 bits per heavy atom. The Morgan fingerprint density at radius 2 is 1.52 bits per heavy atom. The highest BCUT2D eigenvalue weighted by Crippen LogP contribution is 2.17. The zero-order valence-electron chi connectivity index (χ0n) is 13.0. The van der Waals surface area contributed by atoms with E-state index in [4.69, 9.17) is 9.47 Å². The molecule has 4 nitrogen and oxygen atoms in total. The highest BCUT2D eigenvalue weighted by molar-refractivity contribution is 5.94. The molecule has 0 aliphatic carbocycles. The van der Waals surface area contributed by atoms with Crippen molar-refractivity contribution in [3.63, 3.8) is 0 Å². The quantitative estimate of drug-likeness (QED) is 0.254. The van der Waals surface area contributed by atoms with Gasteiger partial charge in [-0.25, -0.2) is 4.79 Å². The lowest BCUT2D eigenvalue weighted by atomic mass is 10.1. The topological polar surface area (TPSA) is 52.6 Å². The highest BCUT2D eigenvalue weighted by Gasteiger charge is 2.09. The first kappa shape index (κ1) is 16.5. The maximum atomic E-state index is 12.1. The van der Waals surface area contributed by atoms with E-state index in [0.29, 0.717) is 29.2 Å². The molecule has 2 rings (SSSR count). The number of hydrogen-bond donors (Lipinski definition) is 0. The zero-order chi connectivity index (χ0) is 16.7. The molecule has 0 aromatic heterocycles. The molecule has 118 valence electrons. The average molecular weight is 310 g/mol. The number of carbonyl (C=O) groups is 2. The van der Waals surface area contributed by atoms with E-state index in [9.17, 15) is 9.59 Å².